The molecule has 0 N–H and O–H groups in total. The first-order chi connectivity index (χ1) is 14.6. The predicted octanol–water partition coefficient (Wildman–Crippen LogP) is 2.60. The summed E-state index contributed by atoms with van der Waals surface area (Å²) in [7, 11) is 1.90. The van der Waals surface area contributed by atoms with E-state index in [1.807, 2.05) is 25.1 Å². The number of aryl methyl sites for hydroxylation is 4. The Morgan fingerprint density at radius 1 is 1.10 bits per heavy atom. The second kappa shape index (κ2) is 7.91. The van der Waals surface area contributed by atoms with Crippen LogP contribution in [0.15, 0.2) is 29.3 Å². The molecule has 0 unspecified atom stereocenters. The lowest BCUT2D eigenvalue weighted by atomic mass is 10.1. The lowest BCUT2D eigenvalue weighted by Gasteiger charge is -2.35. The molecular weight excluding hydrogens is 396 g/mol. The SMILES string of the molecule is Cc1nc(N2CCN(C(=O)CSc3ccc4c(c3)CCC4)CC2)c2cnn(C)c2n1. The molecule has 156 valence electrons. The molecule has 7 nitrogen and oxygen atoms in total. The maximum atomic E-state index is 12.8. The zero-order chi connectivity index (χ0) is 20.7. The maximum absolute atomic E-state index is 12.8. The summed E-state index contributed by atoms with van der Waals surface area (Å²) in [5.41, 5.74) is 3.79. The Kier molecular flexibility index (Phi) is 5.10. The number of piperazine rings is 1. The van der Waals surface area contributed by atoms with Crippen LogP contribution in [0.4, 0.5) is 5.82 Å². The molecule has 1 saturated heterocycles. The van der Waals surface area contributed by atoms with Gasteiger partial charge < -0.3 is 9.80 Å². The average Bonchev–Trinajstić information content (AvgIpc) is 3.38. The van der Waals surface area contributed by atoms with E-state index < -0.39 is 0 Å². The summed E-state index contributed by atoms with van der Waals surface area (Å²) in [6, 6.07) is 6.67. The molecule has 30 heavy (non-hydrogen) atoms. The van der Waals surface area contributed by atoms with E-state index in [4.69, 9.17) is 0 Å². The number of benzene rings is 1. The number of fused-ring (bicyclic) bond motifs is 2. The van der Waals surface area contributed by atoms with E-state index in [0.717, 1.165) is 35.8 Å². The number of amides is 1. The van der Waals surface area contributed by atoms with Gasteiger partial charge in [0, 0.05) is 38.1 Å². The Balaban J connectivity index is 1.20. The molecule has 0 spiro atoms. The minimum absolute atomic E-state index is 0.213. The van der Waals surface area contributed by atoms with Gasteiger partial charge in [-0.3, -0.25) is 9.48 Å². The average molecular weight is 423 g/mol. The quantitative estimate of drug-likeness (QED) is 0.602. The number of thioether (sulfide) groups is 1. The van der Waals surface area contributed by atoms with Gasteiger partial charge in [-0.1, -0.05) is 6.07 Å². The first-order valence-corrected chi connectivity index (χ1v) is 11.5. The number of carbonyl (C=O) groups is 1. The van der Waals surface area contributed by atoms with Crippen LogP contribution in [0.3, 0.4) is 0 Å². The molecule has 5 rings (SSSR count). The van der Waals surface area contributed by atoms with Crippen molar-refractivity contribution in [3.8, 4) is 0 Å². The Morgan fingerprint density at radius 2 is 1.90 bits per heavy atom. The van der Waals surface area contributed by atoms with E-state index in [0.29, 0.717) is 18.8 Å². The standard InChI is InChI=1S/C22H26N6OS/c1-15-24-21-19(13-23-26(21)2)22(25-15)28-10-8-27(9-11-28)20(29)14-30-18-7-6-16-4-3-5-17(16)12-18/h6-7,12-13H,3-5,8-11,14H2,1-2H3. The van der Waals surface area contributed by atoms with Crippen molar-refractivity contribution < 1.29 is 4.79 Å². The zero-order valence-electron chi connectivity index (χ0n) is 17.5. The summed E-state index contributed by atoms with van der Waals surface area (Å²) in [6.45, 7) is 4.89. The number of hydrogen-bond donors (Lipinski definition) is 0. The summed E-state index contributed by atoms with van der Waals surface area (Å²) in [6.07, 6.45) is 5.45. The van der Waals surface area contributed by atoms with Crippen LogP contribution < -0.4 is 4.90 Å². The van der Waals surface area contributed by atoms with Gasteiger partial charge in [0.15, 0.2) is 5.65 Å². The van der Waals surface area contributed by atoms with Crippen molar-refractivity contribution in [3.05, 3.63) is 41.3 Å². The van der Waals surface area contributed by atoms with Gasteiger partial charge in [-0.05, 0) is 49.4 Å². The van der Waals surface area contributed by atoms with Gasteiger partial charge in [0.2, 0.25) is 5.91 Å². The van der Waals surface area contributed by atoms with Crippen LogP contribution in [0.25, 0.3) is 11.0 Å². The van der Waals surface area contributed by atoms with Crippen LogP contribution in [0.1, 0.15) is 23.4 Å². The highest BCUT2D eigenvalue weighted by Crippen LogP contribution is 2.28. The first kappa shape index (κ1) is 19.4. The summed E-state index contributed by atoms with van der Waals surface area (Å²) < 4.78 is 1.78. The maximum Gasteiger partial charge on any atom is 0.233 e. The Labute approximate surface area is 180 Å². The van der Waals surface area contributed by atoms with Crippen LogP contribution in [-0.2, 0) is 24.7 Å². The molecule has 1 fully saturated rings. The van der Waals surface area contributed by atoms with Crippen LogP contribution in [0.2, 0.25) is 0 Å². The molecule has 2 aliphatic rings. The molecule has 1 aliphatic carbocycles. The van der Waals surface area contributed by atoms with Gasteiger partial charge in [-0.25, -0.2) is 9.97 Å². The van der Waals surface area contributed by atoms with Crippen molar-refractivity contribution in [2.24, 2.45) is 7.05 Å². The highest BCUT2D eigenvalue weighted by molar-refractivity contribution is 8.00. The summed E-state index contributed by atoms with van der Waals surface area (Å²) >= 11 is 1.66. The van der Waals surface area contributed by atoms with Crippen molar-refractivity contribution in [2.75, 3.05) is 36.8 Å². The largest absolute Gasteiger partial charge is 0.352 e. The fourth-order valence-corrected chi connectivity index (χ4v) is 5.26. The fraction of sp³-hybridized carbons (Fsp3) is 0.455. The fourth-order valence-electron chi connectivity index (χ4n) is 4.40. The Morgan fingerprint density at radius 3 is 2.73 bits per heavy atom. The molecule has 0 bridgehead atoms. The summed E-state index contributed by atoms with van der Waals surface area (Å²) in [5.74, 6) is 2.37. The van der Waals surface area contributed by atoms with Crippen molar-refractivity contribution in [3.63, 3.8) is 0 Å². The summed E-state index contributed by atoms with van der Waals surface area (Å²) in [4.78, 5) is 27.4. The molecule has 3 heterocycles. The molecule has 0 radical (unpaired) electrons. The van der Waals surface area contributed by atoms with Crippen LogP contribution >= 0.6 is 11.8 Å². The van der Waals surface area contributed by atoms with E-state index in [1.54, 1.807) is 16.4 Å². The molecule has 3 aromatic rings. The molecule has 1 amide bonds. The van der Waals surface area contributed by atoms with Gasteiger partial charge in [-0.15, -0.1) is 11.8 Å². The van der Waals surface area contributed by atoms with E-state index in [1.165, 1.54) is 35.3 Å². The first-order valence-electron chi connectivity index (χ1n) is 10.5. The van der Waals surface area contributed by atoms with Gasteiger partial charge >= 0.3 is 0 Å². The molecule has 0 saturated carbocycles. The van der Waals surface area contributed by atoms with Crippen LogP contribution in [-0.4, -0.2) is 62.5 Å². The Hall–Kier alpha value is -2.61. The number of carbonyl (C=O) groups excluding carboxylic acids is 1. The van der Waals surface area contributed by atoms with Gasteiger partial charge in [0.05, 0.1) is 17.3 Å². The van der Waals surface area contributed by atoms with Crippen LogP contribution in [0, 0.1) is 6.92 Å². The third kappa shape index (κ3) is 3.64. The third-order valence-electron chi connectivity index (χ3n) is 6.05. The van der Waals surface area contributed by atoms with E-state index in [2.05, 4.69) is 38.2 Å². The van der Waals surface area contributed by atoms with Crippen LogP contribution in [0.5, 0.6) is 0 Å². The molecule has 1 aliphatic heterocycles. The minimum Gasteiger partial charge on any atom is -0.352 e. The number of anilines is 1. The van der Waals surface area contributed by atoms with E-state index >= 15 is 0 Å². The lowest BCUT2D eigenvalue weighted by molar-refractivity contribution is -0.128. The van der Waals surface area contributed by atoms with Crippen molar-refractivity contribution >= 4 is 34.5 Å². The normalized spacial score (nSPS) is 16.3. The van der Waals surface area contributed by atoms with Gasteiger partial charge in [0.1, 0.15) is 11.6 Å². The number of hydrogen-bond acceptors (Lipinski definition) is 6. The van der Waals surface area contributed by atoms with E-state index in [-0.39, 0.29) is 5.91 Å². The molecule has 1 aromatic carbocycles. The minimum atomic E-state index is 0.213. The number of nitrogens with zero attached hydrogens (tertiary/aromatic N) is 6. The van der Waals surface area contributed by atoms with Crippen molar-refractivity contribution in [2.45, 2.75) is 31.1 Å². The lowest BCUT2D eigenvalue weighted by Crippen LogP contribution is -2.49. The van der Waals surface area contributed by atoms with E-state index in [9.17, 15) is 4.79 Å². The molecular formula is C22H26N6OS. The molecule has 0 atom stereocenters. The predicted molar refractivity (Wildman–Crippen MR) is 119 cm³/mol. The van der Waals surface area contributed by atoms with Gasteiger partial charge in [-0.2, -0.15) is 5.10 Å². The molecule has 2 aromatic heterocycles. The highest BCUT2D eigenvalue weighted by Gasteiger charge is 2.24. The second-order valence-corrected chi connectivity index (χ2v) is 9.09. The zero-order valence-corrected chi connectivity index (χ0v) is 18.3. The molecule has 8 heteroatoms. The van der Waals surface area contributed by atoms with Crippen molar-refractivity contribution in [1.82, 2.24) is 24.6 Å². The number of aromatic nitrogens is 4. The topological polar surface area (TPSA) is 67.2 Å². The van der Waals surface area contributed by atoms with Crippen molar-refractivity contribution in [1.29, 1.82) is 0 Å². The smallest absolute Gasteiger partial charge is 0.233 e. The third-order valence-corrected chi connectivity index (χ3v) is 7.03. The number of rotatable bonds is 4. The van der Waals surface area contributed by atoms with Gasteiger partial charge in [0.25, 0.3) is 0 Å². The Bertz CT molecular complexity index is 1100. The summed E-state index contributed by atoms with van der Waals surface area (Å²) in [5, 5.41) is 5.30. The monoisotopic (exact) mass is 422 g/mol. The second-order valence-electron chi connectivity index (χ2n) is 8.04. The highest BCUT2D eigenvalue weighted by atomic mass is 32.2.